The van der Waals surface area contributed by atoms with Crippen LogP contribution in [0.3, 0.4) is 0 Å². The first-order chi connectivity index (χ1) is 6.27. The van der Waals surface area contributed by atoms with E-state index in [-0.39, 0.29) is 6.54 Å². The fourth-order valence-electron chi connectivity index (χ4n) is 1.24. The molecule has 1 aromatic rings. The molecular weight excluding hydrogens is 170 g/mol. The minimum atomic E-state index is -1.19. The zero-order valence-corrected chi connectivity index (χ0v) is 6.82. The molecule has 0 saturated heterocycles. The number of hydrogen-bond donors (Lipinski definition) is 1. The van der Waals surface area contributed by atoms with Crippen molar-refractivity contribution in [1.29, 1.82) is 0 Å². The molecule has 0 unspecified atom stereocenters. The van der Waals surface area contributed by atoms with Crippen LogP contribution in [-0.4, -0.2) is 18.6 Å². The number of anilines is 1. The number of para-hydroxylation sites is 2. The summed E-state index contributed by atoms with van der Waals surface area (Å²) in [5.74, 6) is -0.634. The Morgan fingerprint density at radius 2 is 2.31 bits per heavy atom. The summed E-state index contributed by atoms with van der Waals surface area (Å²) in [6.45, 7) is 0.249. The van der Waals surface area contributed by atoms with Crippen molar-refractivity contribution in [2.24, 2.45) is 0 Å². The largest absolute Gasteiger partial charge is 0.546 e. The average molecular weight is 178 g/mol. The van der Waals surface area contributed by atoms with E-state index in [1.807, 2.05) is 12.1 Å². The Labute approximate surface area is 75.1 Å². The van der Waals surface area contributed by atoms with Gasteiger partial charge < -0.3 is 20.0 Å². The lowest BCUT2D eigenvalue weighted by Gasteiger charge is -2.27. The van der Waals surface area contributed by atoms with Gasteiger partial charge in [0.1, 0.15) is 5.75 Å². The van der Waals surface area contributed by atoms with Gasteiger partial charge in [0, 0.05) is 0 Å². The van der Waals surface area contributed by atoms with Crippen LogP contribution in [0.5, 0.6) is 5.75 Å². The van der Waals surface area contributed by atoms with E-state index in [0.29, 0.717) is 5.75 Å². The topological polar surface area (TPSA) is 61.4 Å². The first-order valence-corrected chi connectivity index (χ1v) is 3.98. The quantitative estimate of drug-likeness (QED) is 0.636. The van der Waals surface area contributed by atoms with E-state index in [0.717, 1.165) is 5.69 Å². The van der Waals surface area contributed by atoms with Gasteiger partial charge in [0.05, 0.1) is 18.2 Å². The van der Waals surface area contributed by atoms with Gasteiger partial charge in [-0.2, -0.15) is 0 Å². The molecule has 1 N–H and O–H groups in total. The Balaban J connectivity index is 2.24. The number of carbonyl (C=O) groups is 1. The number of fused-ring (bicyclic) bond motifs is 1. The summed E-state index contributed by atoms with van der Waals surface area (Å²) in [6.07, 6.45) is -0.894. The summed E-state index contributed by atoms with van der Waals surface area (Å²) in [4.78, 5) is 10.5. The van der Waals surface area contributed by atoms with Crippen LogP contribution in [0.15, 0.2) is 24.3 Å². The molecule has 0 aliphatic carbocycles. The fraction of sp³-hybridized carbons (Fsp3) is 0.222. The smallest absolute Gasteiger partial charge is 0.155 e. The lowest BCUT2D eigenvalue weighted by molar-refractivity contribution is -0.313. The Hall–Kier alpha value is -1.71. The predicted octanol–water partition coefficient (Wildman–Crippen LogP) is -0.391. The second-order valence-electron chi connectivity index (χ2n) is 2.80. The lowest BCUT2D eigenvalue weighted by Crippen LogP contribution is -2.45. The molecule has 4 heteroatoms. The monoisotopic (exact) mass is 178 g/mol. The third-order valence-electron chi connectivity index (χ3n) is 1.90. The van der Waals surface area contributed by atoms with Gasteiger partial charge in [0.25, 0.3) is 0 Å². The van der Waals surface area contributed by atoms with Crippen LogP contribution in [0.25, 0.3) is 0 Å². The molecule has 1 aromatic carbocycles. The van der Waals surface area contributed by atoms with E-state index in [9.17, 15) is 9.90 Å². The molecule has 0 amide bonds. The van der Waals surface area contributed by atoms with E-state index in [1.54, 1.807) is 12.1 Å². The number of carboxylic acid groups (broad SMARTS) is 1. The molecule has 13 heavy (non-hydrogen) atoms. The molecule has 0 bridgehead atoms. The Morgan fingerprint density at radius 1 is 1.54 bits per heavy atom. The van der Waals surface area contributed by atoms with Crippen LogP contribution in [0, 0.1) is 0 Å². The summed E-state index contributed by atoms with van der Waals surface area (Å²) < 4.78 is 5.17. The number of hydrogen-bond acceptors (Lipinski definition) is 4. The van der Waals surface area contributed by atoms with Crippen LogP contribution in [-0.2, 0) is 4.79 Å². The Bertz CT molecular complexity index is 337. The highest BCUT2D eigenvalue weighted by atomic mass is 16.5. The SMILES string of the molecule is O=C([O-])[C@H]1CNc2ccccc2O1. The van der Waals surface area contributed by atoms with E-state index in [2.05, 4.69) is 5.32 Å². The number of ether oxygens (including phenoxy) is 1. The van der Waals surface area contributed by atoms with E-state index < -0.39 is 12.1 Å². The van der Waals surface area contributed by atoms with Crippen molar-refractivity contribution in [3.63, 3.8) is 0 Å². The van der Waals surface area contributed by atoms with Crippen molar-refractivity contribution >= 4 is 11.7 Å². The second kappa shape index (κ2) is 2.97. The Morgan fingerprint density at radius 3 is 3.08 bits per heavy atom. The molecule has 1 atom stereocenters. The molecule has 0 saturated carbocycles. The van der Waals surface area contributed by atoms with Crippen molar-refractivity contribution in [3.8, 4) is 5.75 Å². The van der Waals surface area contributed by atoms with Crippen molar-refractivity contribution in [2.75, 3.05) is 11.9 Å². The highest BCUT2D eigenvalue weighted by Gasteiger charge is 2.18. The maximum Gasteiger partial charge on any atom is 0.155 e. The number of nitrogens with one attached hydrogen (secondary N) is 1. The molecule has 1 aliphatic rings. The molecule has 4 nitrogen and oxygen atoms in total. The van der Waals surface area contributed by atoms with Gasteiger partial charge in [-0.15, -0.1) is 0 Å². The van der Waals surface area contributed by atoms with Gasteiger partial charge in [-0.05, 0) is 12.1 Å². The maximum absolute atomic E-state index is 10.5. The number of benzene rings is 1. The van der Waals surface area contributed by atoms with Gasteiger partial charge in [-0.25, -0.2) is 0 Å². The molecular formula is C9H8NO3-. The van der Waals surface area contributed by atoms with Gasteiger partial charge in [-0.3, -0.25) is 0 Å². The van der Waals surface area contributed by atoms with Crippen LogP contribution >= 0.6 is 0 Å². The molecule has 1 heterocycles. The van der Waals surface area contributed by atoms with Crippen LogP contribution in [0.2, 0.25) is 0 Å². The molecule has 2 rings (SSSR count). The molecule has 0 radical (unpaired) electrons. The fourth-order valence-corrected chi connectivity index (χ4v) is 1.24. The highest BCUT2D eigenvalue weighted by Crippen LogP contribution is 2.27. The summed E-state index contributed by atoms with van der Waals surface area (Å²) in [5, 5.41) is 13.4. The number of rotatable bonds is 1. The number of carbonyl (C=O) groups excluding carboxylic acids is 1. The van der Waals surface area contributed by atoms with Gasteiger partial charge in [-0.1, -0.05) is 12.1 Å². The average Bonchev–Trinajstić information content (AvgIpc) is 2.17. The lowest BCUT2D eigenvalue weighted by atomic mass is 10.2. The summed E-state index contributed by atoms with van der Waals surface area (Å²) in [6, 6.07) is 7.20. The summed E-state index contributed by atoms with van der Waals surface area (Å²) in [7, 11) is 0. The van der Waals surface area contributed by atoms with Gasteiger partial charge in [0.15, 0.2) is 6.10 Å². The molecule has 1 aliphatic heterocycles. The first-order valence-electron chi connectivity index (χ1n) is 3.98. The third-order valence-corrected chi connectivity index (χ3v) is 1.90. The first kappa shape index (κ1) is 7.91. The predicted molar refractivity (Wildman–Crippen MR) is 44.4 cm³/mol. The Kier molecular flexibility index (Phi) is 1.81. The van der Waals surface area contributed by atoms with Gasteiger partial charge >= 0.3 is 0 Å². The number of aliphatic carboxylic acids is 1. The molecule has 0 spiro atoms. The normalized spacial score (nSPS) is 19.5. The molecule has 68 valence electrons. The number of carboxylic acids is 1. The zero-order chi connectivity index (χ0) is 9.26. The van der Waals surface area contributed by atoms with E-state index >= 15 is 0 Å². The molecule has 0 aromatic heterocycles. The van der Waals surface area contributed by atoms with Gasteiger partial charge in [0.2, 0.25) is 0 Å². The highest BCUT2D eigenvalue weighted by molar-refractivity contribution is 5.73. The molecule has 0 fully saturated rings. The second-order valence-corrected chi connectivity index (χ2v) is 2.80. The standard InChI is InChI=1S/C9H9NO3/c11-9(12)8-5-10-6-3-1-2-4-7(6)13-8/h1-4,8,10H,5H2,(H,11,12)/p-1/t8-/m1/s1. The summed E-state index contributed by atoms with van der Waals surface area (Å²) >= 11 is 0. The van der Waals surface area contributed by atoms with Crippen LogP contribution in [0.4, 0.5) is 5.69 Å². The maximum atomic E-state index is 10.5. The van der Waals surface area contributed by atoms with E-state index in [1.165, 1.54) is 0 Å². The van der Waals surface area contributed by atoms with Crippen molar-refractivity contribution in [1.82, 2.24) is 0 Å². The van der Waals surface area contributed by atoms with E-state index in [4.69, 9.17) is 4.74 Å². The third kappa shape index (κ3) is 1.42. The van der Waals surface area contributed by atoms with Crippen molar-refractivity contribution in [2.45, 2.75) is 6.10 Å². The van der Waals surface area contributed by atoms with Crippen molar-refractivity contribution in [3.05, 3.63) is 24.3 Å². The summed E-state index contributed by atoms with van der Waals surface area (Å²) in [5.41, 5.74) is 0.819. The van der Waals surface area contributed by atoms with Crippen LogP contribution < -0.4 is 15.2 Å². The van der Waals surface area contributed by atoms with Crippen LogP contribution in [0.1, 0.15) is 0 Å². The van der Waals surface area contributed by atoms with Crippen molar-refractivity contribution < 1.29 is 14.6 Å². The minimum Gasteiger partial charge on any atom is -0.546 e. The minimum absolute atomic E-state index is 0.249. The zero-order valence-electron chi connectivity index (χ0n) is 6.82.